The minimum Gasteiger partial charge on any atom is -0.370 e. The van der Waals surface area contributed by atoms with E-state index >= 15 is 0 Å². The second kappa shape index (κ2) is 12.7. The van der Waals surface area contributed by atoms with Crippen LogP contribution in [-0.4, -0.2) is 27.1 Å². The number of nitrogens with one attached hydrogen (secondary N) is 3. The van der Waals surface area contributed by atoms with Crippen LogP contribution in [0.1, 0.15) is 51.5 Å². The van der Waals surface area contributed by atoms with Crippen LogP contribution < -0.4 is 20.3 Å². The smallest absolute Gasteiger partial charge is 0.370 e. The highest BCUT2D eigenvalue weighted by Crippen LogP contribution is 2.39. The average molecular weight is 692 g/mol. The molecule has 0 amide bonds. The molecule has 18 heteroatoms. The lowest BCUT2D eigenvalue weighted by molar-refractivity contribution is -0.783. The standard InChI is InChI=1S/C29H27F9N8S/c1-4-23-25(41-24(47-23)11-22-15(2)39-14-40-22)21-6-5-18(27(30,31)32)9-17(21)13-46(26-42-44-45(3)43-26)12-16-7-19(28(33,34)35)10-20(8-16)29(36,37)38/h5-10H,4,11-14H2,1-3H3,(H2,39,40,42,43,44)/p+1. The zero-order chi connectivity index (χ0) is 34.3. The number of hydrogen-bond acceptors (Lipinski definition) is 7. The maximum atomic E-state index is 13.9. The molecule has 47 heavy (non-hydrogen) atoms. The first kappa shape index (κ1) is 34.0. The first-order chi connectivity index (χ1) is 21.9. The lowest BCUT2D eigenvalue weighted by atomic mass is 9.98. The van der Waals surface area contributed by atoms with E-state index in [4.69, 9.17) is 4.98 Å². The number of nitrogens with zero attached hydrogens (tertiary/aromatic N) is 5. The Labute approximate surface area is 266 Å². The molecule has 0 radical (unpaired) electrons. The van der Waals surface area contributed by atoms with Gasteiger partial charge in [-0.2, -0.15) is 39.5 Å². The molecule has 252 valence electrons. The van der Waals surface area contributed by atoms with E-state index < -0.39 is 53.9 Å². The molecule has 2 aromatic carbocycles. The quantitative estimate of drug-likeness (QED) is 0.137. The fourth-order valence-corrected chi connectivity index (χ4v) is 6.13. The second-order valence-electron chi connectivity index (χ2n) is 10.8. The molecule has 0 saturated heterocycles. The number of tetrazole rings is 1. The van der Waals surface area contributed by atoms with Crippen molar-refractivity contribution < 1.29 is 44.3 Å². The number of halogens is 9. The van der Waals surface area contributed by atoms with Gasteiger partial charge in [0.25, 0.3) is 0 Å². The topological polar surface area (TPSA) is 85.6 Å². The van der Waals surface area contributed by atoms with Crippen LogP contribution in [0.15, 0.2) is 47.8 Å². The molecule has 5 rings (SSSR count). The Bertz CT molecular complexity index is 1750. The molecule has 0 saturated carbocycles. The molecule has 1 aliphatic heterocycles. The van der Waals surface area contributed by atoms with E-state index in [0.717, 1.165) is 33.2 Å². The van der Waals surface area contributed by atoms with Crippen molar-refractivity contribution in [2.45, 2.75) is 58.3 Å². The van der Waals surface area contributed by atoms with Crippen LogP contribution in [0.25, 0.3) is 11.3 Å². The Morgan fingerprint density at radius 2 is 1.53 bits per heavy atom. The molecule has 0 unspecified atom stereocenters. The van der Waals surface area contributed by atoms with E-state index in [1.54, 1.807) is 0 Å². The van der Waals surface area contributed by atoms with Crippen molar-refractivity contribution >= 4 is 17.3 Å². The van der Waals surface area contributed by atoms with Gasteiger partial charge in [0.15, 0.2) is 0 Å². The predicted octanol–water partition coefficient (Wildman–Crippen LogP) is 6.50. The van der Waals surface area contributed by atoms with Crippen molar-refractivity contribution in [1.29, 1.82) is 0 Å². The molecule has 0 spiro atoms. The van der Waals surface area contributed by atoms with Gasteiger partial charge in [0.05, 0.1) is 39.2 Å². The summed E-state index contributed by atoms with van der Waals surface area (Å²) in [6, 6.07) is 4.21. The van der Waals surface area contributed by atoms with Crippen LogP contribution in [0.2, 0.25) is 0 Å². The number of H-pyrrole nitrogens is 1. The zero-order valence-electron chi connectivity index (χ0n) is 25.0. The summed E-state index contributed by atoms with van der Waals surface area (Å²) in [6.45, 7) is 3.30. The van der Waals surface area contributed by atoms with Gasteiger partial charge >= 0.3 is 24.5 Å². The van der Waals surface area contributed by atoms with Crippen LogP contribution >= 0.6 is 11.3 Å². The van der Waals surface area contributed by atoms with Gasteiger partial charge in [-0.1, -0.05) is 17.8 Å². The molecular formula is C29H28F9N8S+. The van der Waals surface area contributed by atoms with Gasteiger partial charge in [-0.15, -0.1) is 11.3 Å². The minimum atomic E-state index is -5.09. The van der Waals surface area contributed by atoms with E-state index in [1.807, 2.05) is 13.8 Å². The van der Waals surface area contributed by atoms with Crippen molar-refractivity contribution in [1.82, 2.24) is 31.0 Å². The second-order valence-corrected chi connectivity index (χ2v) is 12.0. The fraction of sp³-hybridized carbons (Fsp3) is 0.379. The summed E-state index contributed by atoms with van der Waals surface area (Å²) < 4.78 is 124. The number of allylic oxidation sites excluding steroid dienone is 2. The molecule has 2 aromatic heterocycles. The van der Waals surface area contributed by atoms with Gasteiger partial charge in [0.2, 0.25) is 0 Å². The summed E-state index contributed by atoms with van der Waals surface area (Å²) in [5, 5.41) is 17.6. The molecule has 0 atom stereocenters. The summed E-state index contributed by atoms with van der Waals surface area (Å²) in [5.74, 6) is -0.168. The van der Waals surface area contributed by atoms with Crippen LogP contribution in [0.3, 0.4) is 0 Å². The van der Waals surface area contributed by atoms with Crippen LogP contribution in [0, 0.1) is 0 Å². The fourth-order valence-electron chi connectivity index (χ4n) is 5.09. The number of aromatic nitrogens is 5. The molecule has 4 aromatic rings. The molecule has 0 fully saturated rings. The van der Waals surface area contributed by atoms with Crippen LogP contribution in [-0.2, 0) is 51.5 Å². The van der Waals surface area contributed by atoms with Crippen molar-refractivity contribution in [2.24, 2.45) is 7.05 Å². The molecular weight excluding hydrogens is 663 g/mol. The van der Waals surface area contributed by atoms with Crippen molar-refractivity contribution in [3.05, 3.63) is 85.5 Å². The SMILES string of the molecule is CCc1sc(CC2=C(C)NCN2)nc1-c1ccc(C(F)(F)F)cc1CN(Cc1cc(C(F)(F)F)cc(C(F)(F)F)c1)c1n[nH][n+](C)n1. The van der Waals surface area contributed by atoms with E-state index in [-0.39, 0.29) is 17.6 Å². The first-order valence-corrected chi connectivity index (χ1v) is 14.9. The maximum absolute atomic E-state index is 13.9. The summed E-state index contributed by atoms with van der Waals surface area (Å²) in [6.07, 6.45) is -14.0. The largest absolute Gasteiger partial charge is 0.416 e. The Morgan fingerprint density at radius 1 is 0.872 bits per heavy atom. The normalized spacial score (nSPS) is 14.0. The third kappa shape index (κ3) is 7.80. The zero-order valence-corrected chi connectivity index (χ0v) is 25.9. The number of thiazole rings is 1. The van der Waals surface area contributed by atoms with Gasteiger partial charge in [-0.05, 0) is 60.0 Å². The third-order valence-corrected chi connectivity index (χ3v) is 8.59. The van der Waals surface area contributed by atoms with Gasteiger partial charge in [0, 0.05) is 46.4 Å². The molecule has 3 heterocycles. The summed E-state index contributed by atoms with van der Waals surface area (Å²) >= 11 is 1.40. The van der Waals surface area contributed by atoms with Gasteiger partial charge in [0.1, 0.15) is 7.05 Å². The maximum Gasteiger partial charge on any atom is 0.416 e. The van der Waals surface area contributed by atoms with Crippen LogP contribution in [0.5, 0.6) is 0 Å². The highest BCUT2D eigenvalue weighted by molar-refractivity contribution is 7.12. The van der Waals surface area contributed by atoms with Crippen LogP contribution in [0.4, 0.5) is 45.5 Å². The first-order valence-electron chi connectivity index (χ1n) is 14.1. The summed E-state index contributed by atoms with van der Waals surface area (Å²) in [5.41, 5.74) is -1.77. The van der Waals surface area contributed by atoms with Gasteiger partial charge in [-0.25, -0.2) is 4.98 Å². The lowest BCUT2D eigenvalue weighted by Gasteiger charge is -2.22. The van der Waals surface area contributed by atoms with E-state index in [9.17, 15) is 39.5 Å². The highest BCUT2D eigenvalue weighted by atomic mass is 32.1. The third-order valence-electron chi connectivity index (χ3n) is 7.39. The highest BCUT2D eigenvalue weighted by Gasteiger charge is 2.38. The minimum absolute atomic E-state index is 0.00629. The number of aromatic amines is 1. The predicted molar refractivity (Wildman–Crippen MR) is 153 cm³/mol. The summed E-state index contributed by atoms with van der Waals surface area (Å²) in [7, 11) is 1.44. The Balaban J connectivity index is 1.61. The Hall–Kier alpha value is -4.35. The Kier molecular flexibility index (Phi) is 9.18. The monoisotopic (exact) mass is 691 g/mol. The van der Waals surface area contributed by atoms with Crippen molar-refractivity contribution in [3.8, 4) is 11.3 Å². The number of alkyl halides is 9. The number of rotatable bonds is 9. The number of anilines is 1. The number of benzene rings is 2. The van der Waals surface area contributed by atoms with Crippen molar-refractivity contribution in [3.63, 3.8) is 0 Å². The number of hydrogen-bond donors (Lipinski definition) is 3. The number of aryl methyl sites for hydroxylation is 2. The molecule has 0 aliphatic carbocycles. The Morgan fingerprint density at radius 3 is 2.06 bits per heavy atom. The molecule has 8 nitrogen and oxygen atoms in total. The molecule has 3 N–H and O–H groups in total. The lowest BCUT2D eigenvalue weighted by Crippen LogP contribution is -2.34. The van der Waals surface area contributed by atoms with Crippen molar-refractivity contribution in [2.75, 3.05) is 11.6 Å². The van der Waals surface area contributed by atoms with E-state index in [1.165, 1.54) is 29.4 Å². The van der Waals surface area contributed by atoms with E-state index in [0.29, 0.717) is 47.9 Å². The van der Waals surface area contributed by atoms with Gasteiger partial charge in [-0.3, -0.25) is 0 Å². The van der Waals surface area contributed by atoms with E-state index in [2.05, 4.69) is 26.0 Å². The molecule has 0 bridgehead atoms. The van der Waals surface area contributed by atoms with Gasteiger partial charge < -0.3 is 15.5 Å². The summed E-state index contributed by atoms with van der Waals surface area (Å²) in [4.78, 5) is 7.89. The molecule has 1 aliphatic rings. The average Bonchev–Trinajstić information content (AvgIpc) is 3.71.